The van der Waals surface area contributed by atoms with Gasteiger partial charge in [-0.1, -0.05) is 30.3 Å². The molecule has 21 heavy (non-hydrogen) atoms. The van der Waals surface area contributed by atoms with Crippen molar-refractivity contribution in [3.05, 3.63) is 35.9 Å². The number of carbonyl (C=O) groups is 1. The highest BCUT2D eigenvalue weighted by molar-refractivity contribution is 5.89. The monoisotopic (exact) mass is 289 g/mol. The molecule has 2 fully saturated rings. The highest BCUT2D eigenvalue weighted by Gasteiger charge is 2.61. The smallest absolute Gasteiger partial charge is 0.259 e. The number of ether oxygens (including phenoxy) is 2. The molecule has 4 heteroatoms. The Morgan fingerprint density at radius 1 is 1.29 bits per heavy atom. The molecule has 3 atom stereocenters. The predicted octanol–water partition coefficient (Wildman–Crippen LogP) is 2.37. The molecule has 4 nitrogen and oxygen atoms in total. The van der Waals surface area contributed by atoms with Crippen molar-refractivity contribution in [2.24, 2.45) is 0 Å². The molecule has 0 aliphatic carbocycles. The Bertz CT molecular complexity index is 542. The average Bonchev–Trinajstić information content (AvgIpc) is 2.94. The number of benzene rings is 1. The lowest BCUT2D eigenvalue weighted by Crippen LogP contribution is -2.53. The molecule has 0 N–H and O–H groups in total. The first kappa shape index (κ1) is 14.5. The van der Waals surface area contributed by atoms with Crippen LogP contribution in [0, 0.1) is 0 Å². The highest BCUT2D eigenvalue weighted by Crippen LogP contribution is 2.41. The lowest BCUT2D eigenvalue weighted by Gasteiger charge is -2.35. The van der Waals surface area contributed by atoms with Gasteiger partial charge in [0.05, 0.1) is 18.8 Å². The minimum Gasteiger partial charge on any atom is -0.356 e. The van der Waals surface area contributed by atoms with E-state index in [2.05, 4.69) is 12.1 Å². The third kappa shape index (κ3) is 2.47. The molecule has 1 aromatic rings. The third-order valence-corrected chi connectivity index (χ3v) is 4.67. The van der Waals surface area contributed by atoms with Gasteiger partial charge in [0.2, 0.25) is 0 Å². The van der Waals surface area contributed by atoms with Crippen LogP contribution in [0.25, 0.3) is 0 Å². The summed E-state index contributed by atoms with van der Waals surface area (Å²) in [5.74, 6) is 0.0402. The Morgan fingerprint density at radius 2 is 1.90 bits per heavy atom. The maximum Gasteiger partial charge on any atom is 0.259 e. The summed E-state index contributed by atoms with van der Waals surface area (Å²) in [7, 11) is 0. The van der Waals surface area contributed by atoms with Gasteiger partial charge in [-0.25, -0.2) is 0 Å². The highest BCUT2D eigenvalue weighted by atomic mass is 16.6. The minimum atomic E-state index is -0.681. The predicted molar refractivity (Wildman–Crippen MR) is 79.8 cm³/mol. The van der Waals surface area contributed by atoms with Gasteiger partial charge in [-0.05, 0) is 39.7 Å². The lowest BCUT2D eigenvalue weighted by molar-refractivity contribution is -0.151. The Labute approximate surface area is 126 Å². The van der Waals surface area contributed by atoms with Gasteiger partial charge < -0.3 is 14.4 Å². The molecule has 2 aliphatic heterocycles. The summed E-state index contributed by atoms with van der Waals surface area (Å²) < 4.78 is 11.4. The van der Waals surface area contributed by atoms with Gasteiger partial charge in [-0.2, -0.15) is 0 Å². The largest absolute Gasteiger partial charge is 0.356 e. The SMILES string of the molecule is C[C@@H]1O[C@@]1(C)C(=O)N1[C@@H](Cc2ccccc2)COC1(C)C. The van der Waals surface area contributed by atoms with Crippen LogP contribution in [-0.2, 0) is 20.7 Å². The lowest BCUT2D eigenvalue weighted by atomic mass is 10.0. The van der Waals surface area contributed by atoms with Crippen LogP contribution < -0.4 is 0 Å². The molecule has 1 aromatic carbocycles. The normalized spacial score (nSPS) is 34.0. The molecule has 114 valence electrons. The molecule has 0 saturated carbocycles. The fourth-order valence-electron chi connectivity index (χ4n) is 3.13. The summed E-state index contributed by atoms with van der Waals surface area (Å²) >= 11 is 0. The molecule has 0 unspecified atom stereocenters. The zero-order chi connectivity index (χ0) is 15.3. The van der Waals surface area contributed by atoms with Crippen LogP contribution in [0.1, 0.15) is 33.3 Å². The van der Waals surface area contributed by atoms with Crippen LogP contribution in [0.15, 0.2) is 30.3 Å². The van der Waals surface area contributed by atoms with Crippen molar-refractivity contribution in [2.45, 2.75) is 57.6 Å². The molecule has 0 radical (unpaired) electrons. The summed E-state index contributed by atoms with van der Waals surface area (Å²) in [6.45, 7) is 8.28. The van der Waals surface area contributed by atoms with Gasteiger partial charge in [-0.15, -0.1) is 0 Å². The van der Waals surface area contributed by atoms with Crippen molar-refractivity contribution >= 4 is 5.91 Å². The van der Waals surface area contributed by atoms with Crippen molar-refractivity contribution < 1.29 is 14.3 Å². The molecular formula is C17H23NO3. The first-order chi connectivity index (χ1) is 9.84. The molecule has 2 saturated heterocycles. The number of nitrogens with zero attached hydrogens (tertiary/aromatic N) is 1. The van der Waals surface area contributed by atoms with Gasteiger partial charge in [0, 0.05) is 0 Å². The number of amides is 1. The first-order valence-corrected chi connectivity index (χ1v) is 7.54. The quantitative estimate of drug-likeness (QED) is 0.802. The van der Waals surface area contributed by atoms with E-state index >= 15 is 0 Å². The van der Waals surface area contributed by atoms with Crippen LogP contribution in [0.5, 0.6) is 0 Å². The minimum absolute atomic E-state index is 0.0150. The number of epoxide rings is 1. The second kappa shape index (κ2) is 4.82. The summed E-state index contributed by atoms with van der Waals surface area (Å²) in [4.78, 5) is 14.8. The van der Waals surface area contributed by atoms with E-state index in [9.17, 15) is 4.79 Å². The van der Waals surface area contributed by atoms with E-state index in [1.54, 1.807) is 0 Å². The fourth-order valence-corrected chi connectivity index (χ4v) is 3.13. The van der Waals surface area contributed by atoms with Crippen molar-refractivity contribution in [3.8, 4) is 0 Å². The second-order valence-corrected chi connectivity index (χ2v) is 6.64. The van der Waals surface area contributed by atoms with E-state index < -0.39 is 11.3 Å². The molecule has 0 bridgehead atoms. The van der Waals surface area contributed by atoms with E-state index in [0.717, 1.165) is 6.42 Å². The van der Waals surface area contributed by atoms with Crippen molar-refractivity contribution in [1.82, 2.24) is 4.90 Å². The number of carbonyl (C=O) groups excluding carboxylic acids is 1. The molecule has 3 rings (SSSR count). The zero-order valence-electron chi connectivity index (χ0n) is 13.1. The molecule has 2 heterocycles. The second-order valence-electron chi connectivity index (χ2n) is 6.64. The maximum absolute atomic E-state index is 12.9. The van der Waals surface area contributed by atoms with Gasteiger partial charge >= 0.3 is 0 Å². The summed E-state index contributed by atoms with van der Waals surface area (Å²) in [6.07, 6.45) is 0.791. The van der Waals surface area contributed by atoms with Crippen LogP contribution in [0.4, 0.5) is 0 Å². The fraction of sp³-hybridized carbons (Fsp3) is 0.588. The van der Waals surface area contributed by atoms with Crippen LogP contribution in [0.2, 0.25) is 0 Å². The standard InChI is InChI=1S/C17H23NO3/c1-12-17(4,21-12)15(19)18-14(11-20-16(18,2)3)10-13-8-6-5-7-9-13/h5-9,12,14H,10-11H2,1-4H3/t12-,14-,17+/m0/s1. The maximum atomic E-state index is 12.9. The summed E-state index contributed by atoms with van der Waals surface area (Å²) in [5, 5.41) is 0. The summed E-state index contributed by atoms with van der Waals surface area (Å²) in [6, 6.07) is 10.3. The van der Waals surface area contributed by atoms with Crippen LogP contribution in [-0.4, -0.2) is 40.9 Å². The van der Waals surface area contributed by atoms with Crippen LogP contribution >= 0.6 is 0 Å². The molecule has 2 aliphatic rings. The van der Waals surface area contributed by atoms with Crippen molar-refractivity contribution in [1.29, 1.82) is 0 Å². The van der Waals surface area contributed by atoms with E-state index in [0.29, 0.717) is 6.61 Å². The summed E-state index contributed by atoms with van der Waals surface area (Å²) in [5.41, 5.74) is -0.0398. The first-order valence-electron chi connectivity index (χ1n) is 7.54. The average molecular weight is 289 g/mol. The molecule has 0 aromatic heterocycles. The van der Waals surface area contributed by atoms with E-state index in [-0.39, 0.29) is 18.1 Å². The Hall–Kier alpha value is -1.39. The van der Waals surface area contributed by atoms with Crippen LogP contribution in [0.3, 0.4) is 0 Å². The Balaban J connectivity index is 1.82. The van der Waals surface area contributed by atoms with Gasteiger partial charge in [0.1, 0.15) is 5.72 Å². The van der Waals surface area contributed by atoms with Gasteiger partial charge in [-0.3, -0.25) is 4.79 Å². The topological polar surface area (TPSA) is 42.1 Å². The third-order valence-electron chi connectivity index (χ3n) is 4.67. The van der Waals surface area contributed by atoms with E-state index in [4.69, 9.17) is 9.47 Å². The number of hydrogen-bond donors (Lipinski definition) is 0. The Morgan fingerprint density at radius 3 is 2.48 bits per heavy atom. The number of rotatable bonds is 3. The van der Waals surface area contributed by atoms with Crippen molar-refractivity contribution in [2.75, 3.05) is 6.61 Å². The van der Waals surface area contributed by atoms with Gasteiger partial charge in [0.25, 0.3) is 5.91 Å². The molecule has 1 amide bonds. The van der Waals surface area contributed by atoms with E-state index in [1.165, 1.54) is 5.56 Å². The Kier molecular flexibility index (Phi) is 3.34. The molecular weight excluding hydrogens is 266 g/mol. The molecule has 0 spiro atoms. The number of hydrogen-bond acceptors (Lipinski definition) is 3. The zero-order valence-corrected chi connectivity index (χ0v) is 13.1. The van der Waals surface area contributed by atoms with Crippen molar-refractivity contribution in [3.63, 3.8) is 0 Å². The van der Waals surface area contributed by atoms with E-state index in [1.807, 2.05) is 50.8 Å². The van der Waals surface area contributed by atoms with Gasteiger partial charge in [0.15, 0.2) is 5.60 Å².